The molecule has 1 N–H and O–H groups in total. The van der Waals surface area contributed by atoms with Crippen LogP contribution in [0.5, 0.6) is 0 Å². The fraction of sp³-hybridized carbons (Fsp3) is 0.600. The third kappa shape index (κ3) is 3.02. The lowest BCUT2D eigenvalue weighted by molar-refractivity contribution is -0.000635. The maximum atomic E-state index is 10.6. The van der Waals surface area contributed by atoms with Gasteiger partial charge in [0.1, 0.15) is 0 Å². The molecule has 2 rings (SSSR count). The van der Waals surface area contributed by atoms with Crippen molar-refractivity contribution in [1.82, 2.24) is 0 Å². The third-order valence-corrected chi connectivity index (χ3v) is 5.45. The molecule has 2 heteroatoms. The molecular weight excluding hydrogens is 323 g/mol. The molecule has 0 amide bonds. The summed E-state index contributed by atoms with van der Waals surface area (Å²) in [4.78, 5) is 0. The van der Waals surface area contributed by atoms with E-state index in [1.165, 1.54) is 12.0 Å². The largest absolute Gasteiger partial charge is 0.385 e. The molecule has 1 atom stereocenters. The van der Waals surface area contributed by atoms with E-state index in [1.54, 1.807) is 0 Å². The van der Waals surface area contributed by atoms with Gasteiger partial charge in [-0.1, -0.05) is 73.0 Å². The summed E-state index contributed by atoms with van der Waals surface area (Å²) in [6, 6.07) is 8.62. The first-order valence-corrected chi connectivity index (χ1v) is 7.87. The van der Waals surface area contributed by atoms with E-state index in [1.807, 2.05) is 0 Å². The van der Waals surface area contributed by atoms with Crippen molar-refractivity contribution in [2.45, 2.75) is 55.0 Å². The fourth-order valence-electron chi connectivity index (χ4n) is 2.66. The summed E-state index contributed by atoms with van der Waals surface area (Å²) in [5.74, 6) is 0. The van der Waals surface area contributed by atoms with Crippen LogP contribution in [0.2, 0.25) is 0 Å². The lowest BCUT2D eigenvalue weighted by Crippen LogP contribution is -2.28. The fourth-order valence-corrected chi connectivity index (χ4v) is 3.08. The lowest BCUT2D eigenvalue weighted by Gasteiger charge is -2.32. The standard InChI is InChI=1S/C15H21IO/c1-2-14(16)12-6-8-13(9-7-12)15(17)10-4-3-5-11-15/h6-9,14,17H,2-5,10-11H2,1H3. The highest BCUT2D eigenvalue weighted by Crippen LogP contribution is 2.37. The average Bonchev–Trinajstić information content (AvgIpc) is 2.39. The Hall–Kier alpha value is -0.0900. The van der Waals surface area contributed by atoms with Crippen LogP contribution in [0.4, 0.5) is 0 Å². The predicted molar refractivity (Wildman–Crippen MR) is 80.5 cm³/mol. The Labute approximate surface area is 118 Å². The molecule has 17 heavy (non-hydrogen) atoms. The van der Waals surface area contributed by atoms with Crippen molar-refractivity contribution in [2.24, 2.45) is 0 Å². The van der Waals surface area contributed by atoms with Gasteiger partial charge in [-0.2, -0.15) is 0 Å². The SMILES string of the molecule is CCC(I)c1ccc(C2(O)CCCCC2)cc1. The van der Waals surface area contributed by atoms with Crippen molar-refractivity contribution in [1.29, 1.82) is 0 Å². The van der Waals surface area contributed by atoms with Crippen LogP contribution in [0.1, 0.15) is 60.5 Å². The summed E-state index contributed by atoms with van der Waals surface area (Å²) >= 11 is 2.48. The zero-order valence-corrected chi connectivity index (χ0v) is 12.6. The Morgan fingerprint density at radius 3 is 2.29 bits per heavy atom. The van der Waals surface area contributed by atoms with Crippen molar-refractivity contribution in [2.75, 3.05) is 0 Å². The highest BCUT2D eigenvalue weighted by atomic mass is 127. The van der Waals surface area contributed by atoms with E-state index in [-0.39, 0.29) is 0 Å². The number of halogens is 1. The summed E-state index contributed by atoms with van der Waals surface area (Å²) in [6.07, 6.45) is 6.59. The maximum Gasteiger partial charge on any atom is 0.0896 e. The minimum absolute atomic E-state index is 0.552. The second kappa shape index (κ2) is 5.70. The van der Waals surface area contributed by atoms with Gasteiger partial charge in [0, 0.05) is 3.92 Å². The molecule has 0 radical (unpaired) electrons. The van der Waals surface area contributed by atoms with Crippen molar-refractivity contribution in [3.8, 4) is 0 Å². The highest BCUT2D eigenvalue weighted by molar-refractivity contribution is 14.1. The monoisotopic (exact) mass is 344 g/mol. The Morgan fingerprint density at radius 2 is 1.76 bits per heavy atom. The van der Waals surface area contributed by atoms with E-state index in [9.17, 15) is 5.11 Å². The van der Waals surface area contributed by atoms with E-state index in [0.717, 1.165) is 37.7 Å². The Bertz CT molecular complexity index is 352. The van der Waals surface area contributed by atoms with E-state index < -0.39 is 5.60 Å². The van der Waals surface area contributed by atoms with Crippen LogP contribution in [0, 0.1) is 0 Å². The molecule has 1 aliphatic carbocycles. The Morgan fingerprint density at radius 1 is 1.18 bits per heavy atom. The van der Waals surface area contributed by atoms with Crippen LogP contribution in [-0.2, 0) is 5.60 Å². The first-order chi connectivity index (χ1) is 8.15. The highest BCUT2D eigenvalue weighted by Gasteiger charge is 2.30. The van der Waals surface area contributed by atoms with Gasteiger partial charge < -0.3 is 5.11 Å². The van der Waals surface area contributed by atoms with Gasteiger partial charge in [-0.15, -0.1) is 0 Å². The van der Waals surface area contributed by atoms with E-state index in [2.05, 4.69) is 53.8 Å². The van der Waals surface area contributed by atoms with Crippen molar-refractivity contribution < 1.29 is 5.11 Å². The number of alkyl halides is 1. The molecule has 1 nitrogen and oxygen atoms in total. The smallest absolute Gasteiger partial charge is 0.0896 e. The number of rotatable bonds is 3. The van der Waals surface area contributed by atoms with Crippen LogP contribution in [0.15, 0.2) is 24.3 Å². The van der Waals surface area contributed by atoms with Crippen LogP contribution in [0.3, 0.4) is 0 Å². The van der Waals surface area contributed by atoms with Gasteiger partial charge in [0.15, 0.2) is 0 Å². The van der Waals surface area contributed by atoms with Crippen LogP contribution in [-0.4, -0.2) is 5.11 Å². The zero-order chi connectivity index (χ0) is 12.3. The molecule has 1 aromatic carbocycles. The summed E-state index contributed by atoms with van der Waals surface area (Å²) in [6.45, 7) is 2.21. The first-order valence-electron chi connectivity index (χ1n) is 6.62. The number of benzene rings is 1. The topological polar surface area (TPSA) is 20.2 Å². The van der Waals surface area contributed by atoms with Gasteiger partial charge in [-0.05, 0) is 30.4 Å². The van der Waals surface area contributed by atoms with Crippen LogP contribution in [0.25, 0.3) is 0 Å². The zero-order valence-electron chi connectivity index (χ0n) is 10.5. The summed E-state index contributed by atoms with van der Waals surface area (Å²) in [5.41, 5.74) is 1.93. The normalized spacial score (nSPS) is 21.1. The first kappa shape index (κ1) is 13.3. The second-order valence-corrected chi connectivity index (χ2v) is 6.59. The van der Waals surface area contributed by atoms with Crippen molar-refractivity contribution >= 4 is 22.6 Å². The quantitative estimate of drug-likeness (QED) is 0.621. The molecule has 1 fully saturated rings. The lowest BCUT2D eigenvalue weighted by atomic mass is 9.79. The molecule has 0 heterocycles. The van der Waals surface area contributed by atoms with Gasteiger partial charge in [0.2, 0.25) is 0 Å². The van der Waals surface area contributed by atoms with Gasteiger partial charge in [-0.25, -0.2) is 0 Å². The minimum Gasteiger partial charge on any atom is -0.385 e. The summed E-state index contributed by atoms with van der Waals surface area (Å²) < 4.78 is 0.586. The van der Waals surface area contributed by atoms with E-state index in [0.29, 0.717) is 3.92 Å². The molecule has 1 saturated carbocycles. The molecule has 94 valence electrons. The predicted octanol–water partition coefficient (Wildman–Crippen LogP) is 4.72. The van der Waals surface area contributed by atoms with E-state index >= 15 is 0 Å². The molecule has 1 aromatic rings. The van der Waals surface area contributed by atoms with Crippen molar-refractivity contribution in [3.05, 3.63) is 35.4 Å². The molecule has 0 aliphatic heterocycles. The van der Waals surface area contributed by atoms with Gasteiger partial charge in [0.05, 0.1) is 5.60 Å². The molecule has 0 spiro atoms. The maximum absolute atomic E-state index is 10.6. The average molecular weight is 344 g/mol. The van der Waals surface area contributed by atoms with Crippen LogP contribution >= 0.6 is 22.6 Å². The minimum atomic E-state index is -0.552. The van der Waals surface area contributed by atoms with Gasteiger partial charge in [0.25, 0.3) is 0 Å². The molecule has 1 aliphatic rings. The van der Waals surface area contributed by atoms with Gasteiger partial charge >= 0.3 is 0 Å². The summed E-state index contributed by atoms with van der Waals surface area (Å²) in [7, 11) is 0. The van der Waals surface area contributed by atoms with Crippen LogP contribution < -0.4 is 0 Å². The Kier molecular flexibility index (Phi) is 4.47. The number of aliphatic hydroxyl groups is 1. The number of hydrogen-bond donors (Lipinski definition) is 1. The molecule has 1 unspecified atom stereocenters. The summed E-state index contributed by atoms with van der Waals surface area (Å²) in [5, 5.41) is 10.6. The third-order valence-electron chi connectivity index (χ3n) is 3.85. The Balaban J connectivity index is 2.16. The molecule has 0 saturated heterocycles. The van der Waals surface area contributed by atoms with E-state index in [4.69, 9.17) is 0 Å². The second-order valence-electron chi connectivity index (χ2n) is 5.09. The molecule has 0 bridgehead atoms. The number of hydrogen-bond acceptors (Lipinski definition) is 1. The molecular formula is C15H21IO. The van der Waals surface area contributed by atoms with Gasteiger partial charge in [-0.3, -0.25) is 0 Å². The van der Waals surface area contributed by atoms with Crippen molar-refractivity contribution in [3.63, 3.8) is 0 Å². The molecule has 0 aromatic heterocycles.